The molecule has 0 spiro atoms. The van der Waals surface area contributed by atoms with Gasteiger partial charge in [0.2, 0.25) is 0 Å². The molecule has 0 aliphatic carbocycles. The fraction of sp³-hybridized carbons (Fsp3) is 0.231. The van der Waals surface area contributed by atoms with E-state index in [1.807, 2.05) is 17.5 Å². The Morgan fingerprint density at radius 3 is 2.53 bits per heavy atom. The smallest absolute Gasteiger partial charge is 0.295 e. The minimum absolute atomic E-state index is 0.102. The Morgan fingerprint density at radius 1 is 1.21 bits per heavy atom. The fourth-order valence-electron chi connectivity index (χ4n) is 2.04. The molecule has 4 nitrogen and oxygen atoms in total. The van der Waals surface area contributed by atoms with Gasteiger partial charge in [-0.05, 0) is 42.8 Å². The van der Waals surface area contributed by atoms with Gasteiger partial charge < -0.3 is 5.11 Å². The number of benzene rings is 1. The highest BCUT2D eigenvalue weighted by molar-refractivity contribution is 7.86. The SMILES string of the molecule is Cc1ccc(O)c(CCc2cccs2)c1S(=O)(=O)O. The molecule has 0 radical (unpaired) electrons. The fourth-order valence-corrected chi connectivity index (χ4v) is 3.74. The predicted octanol–water partition coefficient (Wildman–Crippen LogP) is 2.79. The van der Waals surface area contributed by atoms with Gasteiger partial charge in [-0.1, -0.05) is 12.1 Å². The Kier molecular flexibility index (Phi) is 3.93. The van der Waals surface area contributed by atoms with Gasteiger partial charge in [0, 0.05) is 10.4 Å². The molecule has 1 heterocycles. The lowest BCUT2D eigenvalue weighted by molar-refractivity contribution is 0.457. The Bertz CT molecular complexity index is 673. The second-order valence-corrected chi connectivity index (χ2v) is 6.65. The van der Waals surface area contributed by atoms with E-state index < -0.39 is 10.1 Å². The van der Waals surface area contributed by atoms with Crippen LogP contribution < -0.4 is 0 Å². The highest BCUT2D eigenvalue weighted by atomic mass is 32.2. The normalized spacial score (nSPS) is 11.7. The van der Waals surface area contributed by atoms with E-state index in [0.29, 0.717) is 18.4 Å². The zero-order valence-electron chi connectivity index (χ0n) is 10.3. The Labute approximate surface area is 116 Å². The molecule has 0 saturated carbocycles. The summed E-state index contributed by atoms with van der Waals surface area (Å²) in [6.45, 7) is 1.59. The molecule has 0 amide bonds. The summed E-state index contributed by atoms with van der Waals surface area (Å²) in [4.78, 5) is 0.922. The van der Waals surface area contributed by atoms with Crippen LogP contribution in [0, 0.1) is 6.92 Å². The second kappa shape index (κ2) is 5.32. The zero-order chi connectivity index (χ0) is 14.0. The molecule has 0 aliphatic heterocycles. The highest BCUT2D eigenvalue weighted by Crippen LogP contribution is 2.29. The van der Waals surface area contributed by atoms with Gasteiger partial charge in [0.25, 0.3) is 10.1 Å². The van der Waals surface area contributed by atoms with Crippen molar-refractivity contribution < 1.29 is 18.1 Å². The van der Waals surface area contributed by atoms with Gasteiger partial charge in [-0.25, -0.2) is 0 Å². The zero-order valence-corrected chi connectivity index (χ0v) is 12.0. The molecule has 1 aromatic heterocycles. The number of rotatable bonds is 4. The number of aryl methyl sites for hydroxylation is 2. The first kappa shape index (κ1) is 14.0. The Hall–Kier alpha value is -1.37. The molecule has 19 heavy (non-hydrogen) atoms. The van der Waals surface area contributed by atoms with Crippen molar-refractivity contribution in [1.82, 2.24) is 0 Å². The monoisotopic (exact) mass is 298 g/mol. The Balaban J connectivity index is 2.41. The van der Waals surface area contributed by atoms with Crippen molar-refractivity contribution >= 4 is 21.5 Å². The number of phenols is 1. The third kappa shape index (κ3) is 3.15. The van der Waals surface area contributed by atoms with Gasteiger partial charge in [0.05, 0.1) is 0 Å². The summed E-state index contributed by atoms with van der Waals surface area (Å²) in [6.07, 6.45) is 0.986. The van der Waals surface area contributed by atoms with Gasteiger partial charge in [-0.15, -0.1) is 11.3 Å². The quantitative estimate of drug-likeness (QED) is 0.851. The van der Waals surface area contributed by atoms with Crippen molar-refractivity contribution in [2.75, 3.05) is 0 Å². The summed E-state index contributed by atoms with van der Waals surface area (Å²) in [5.74, 6) is -0.102. The molecule has 2 rings (SSSR count). The van der Waals surface area contributed by atoms with Crippen LogP contribution in [0.15, 0.2) is 34.5 Å². The summed E-state index contributed by atoms with van der Waals surface area (Å²) in [5.41, 5.74) is 0.706. The van der Waals surface area contributed by atoms with Crippen LogP contribution in [0.3, 0.4) is 0 Å². The van der Waals surface area contributed by atoms with Crippen LogP contribution >= 0.6 is 11.3 Å². The molecular weight excluding hydrogens is 284 g/mol. The number of hydrogen-bond acceptors (Lipinski definition) is 4. The maximum atomic E-state index is 11.4. The van der Waals surface area contributed by atoms with Crippen molar-refractivity contribution in [2.24, 2.45) is 0 Å². The summed E-state index contributed by atoms with van der Waals surface area (Å²) < 4.78 is 32.2. The molecule has 1 aromatic carbocycles. The molecular formula is C13H14O4S2. The summed E-state index contributed by atoms with van der Waals surface area (Å²) >= 11 is 1.57. The van der Waals surface area contributed by atoms with E-state index in [2.05, 4.69) is 0 Å². The molecule has 6 heteroatoms. The number of thiophene rings is 1. The number of aromatic hydroxyl groups is 1. The van der Waals surface area contributed by atoms with E-state index in [1.165, 1.54) is 12.1 Å². The van der Waals surface area contributed by atoms with Crippen LogP contribution in [0.25, 0.3) is 0 Å². The lowest BCUT2D eigenvalue weighted by Crippen LogP contribution is -2.07. The van der Waals surface area contributed by atoms with Crippen LogP contribution in [0.1, 0.15) is 16.0 Å². The standard InChI is InChI=1S/C13H14O4S2/c1-9-4-7-12(14)11(13(9)19(15,16)17)6-5-10-3-2-8-18-10/h2-4,7-8,14H,5-6H2,1H3,(H,15,16,17). The minimum atomic E-state index is -4.33. The third-order valence-corrected chi connectivity index (χ3v) is 4.91. The van der Waals surface area contributed by atoms with E-state index in [1.54, 1.807) is 18.3 Å². The molecule has 102 valence electrons. The number of phenolic OH excluding ortho intramolecular Hbond substituents is 1. The molecule has 0 saturated heterocycles. The molecule has 2 aromatic rings. The number of hydrogen-bond donors (Lipinski definition) is 2. The summed E-state index contributed by atoms with van der Waals surface area (Å²) in [6, 6.07) is 6.80. The summed E-state index contributed by atoms with van der Waals surface area (Å²) in [7, 11) is -4.33. The topological polar surface area (TPSA) is 74.6 Å². The second-order valence-electron chi connectivity index (χ2n) is 4.26. The average molecular weight is 298 g/mol. The van der Waals surface area contributed by atoms with Crippen LogP contribution in [0.4, 0.5) is 0 Å². The van der Waals surface area contributed by atoms with Gasteiger partial charge >= 0.3 is 0 Å². The lowest BCUT2D eigenvalue weighted by atomic mass is 10.0. The third-order valence-electron chi connectivity index (χ3n) is 2.89. The maximum absolute atomic E-state index is 11.4. The van der Waals surface area contributed by atoms with Gasteiger partial charge in [-0.2, -0.15) is 8.42 Å². The predicted molar refractivity (Wildman–Crippen MR) is 74.4 cm³/mol. The van der Waals surface area contributed by atoms with Crippen molar-refractivity contribution in [3.05, 3.63) is 45.6 Å². The first-order valence-electron chi connectivity index (χ1n) is 5.71. The lowest BCUT2D eigenvalue weighted by Gasteiger charge is -2.11. The van der Waals surface area contributed by atoms with E-state index in [-0.39, 0.29) is 16.2 Å². The molecule has 0 atom stereocenters. The molecule has 0 bridgehead atoms. The maximum Gasteiger partial charge on any atom is 0.295 e. The van der Waals surface area contributed by atoms with Gasteiger partial charge in [0.15, 0.2) is 0 Å². The van der Waals surface area contributed by atoms with Gasteiger partial charge in [0.1, 0.15) is 10.6 Å². The van der Waals surface area contributed by atoms with Crippen molar-refractivity contribution in [3.63, 3.8) is 0 Å². The molecule has 0 fully saturated rings. The van der Waals surface area contributed by atoms with E-state index in [0.717, 1.165) is 4.88 Å². The average Bonchev–Trinajstić information content (AvgIpc) is 2.81. The summed E-state index contributed by atoms with van der Waals surface area (Å²) in [5, 5.41) is 11.8. The minimum Gasteiger partial charge on any atom is -0.508 e. The first-order chi connectivity index (χ1) is 8.89. The molecule has 2 N–H and O–H groups in total. The van der Waals surface area contributed by atoms with Crippen LogP contribution in [-0.2, 0) is 23.0 Å². The van der Waals surface area contributed by atoms with Gasteiger partial charge in [-0.3, -0.25) is 4.55 Å². The highest BCUT2D eigenvalue weighted by Gasteiger charge is 2.21. The van der Waals surface area contributed by atoms with Crippen LogP contribution in [0.2, 0.25) is 0 Å². The van der Waals surface area contributed by atoms with Crippen LogP contribution in [-0.4, -0.2) is 18.1 Å². The van der Waals surface area contributed by atoms with E-state index in [4.69, 9.17) is 0 Å². The van der Waals surface area contributed by atoms with Crippen molar-refractivity contribution in [1.29, 1.82) is 0 Å². The first-order valence-corrected chi connectivity index (χ1v) is 8.03. The van der Waals surface area contributed by atoms with Crippen molar-refractivity contribution in [3.8, 4) is 5.75 Å². The molecule has 0 aliphatic rings. The van der Waals surface area contributed by atoms with E-state index in [9.17, 15) is 18.1 Å². The van der Waals surface area contributed by atoms with Crippen molar-refractivity contribution in [2.45, 2.75) is 24.7 Å². The molecule has 0 unspecified atom stereocenters. The van der Waals surface area contributed by atoms with E-state index >= 15 is 0 Å². The largest absolute Gasteiger partial charge is 0.508 e. The van der Waals surface area contributed by atoms with Crippen LogP contribution in [0.5, 0.6) is 5.75 Å². The Morgan fingerprint density at radius 2 is 1.95 bits per heavy atom.